The van der Waals surface area contributed by atoms with Crippen LogP contribution in [0.5, 0.6) is 11.5 Å². The number of rotatable bonds is 8. The molecule has 9 heteroatoms. The van der Waals surface area contributed by atoms with Crippen molar-refractivity contribution in [3.05, 3.63) is 78.3 Å². The first-order chi connectivity index (χ1) is 16.1. The molecule has 170 valence electrons. The summed E-state index contributed by atoms with van der Waals surface area (Å²) >= 11 is 0. The van der Waals surface area contributed by atoms with Crippen LogP contribution in [0.1, 0.15) is 16.1 Å². The summed E-state index contributed by atoms with van der Waals surface area (Å²) in [7, 11) is 0. The van der Waals surface area contributed by atoms with Gasteiger partial charge in [-0.1, -0.05) is 30.3 Å². The molecule has 2 aromatic carbocycles. The van der Waals surface area contributed by atoms with Crippen molar-refractivity contribution in [2.45, 2.75) is 12.5 Å². The zero-order valence-corrected chi connectivity index (χ0v) is 17.6. The molecule has 3 aromatic rings. The molecular weight excluding hydrogens is 428 g/mol. The molecule has 1 aliphatic rings. The molecule has 0 saturated carbocycles. The van der Waals surface area contributed by atoms with Crippen molar-refractivity contribution < 1.29 is 33.0 Å². The van der Waals surface area contributed by atoms with Crippen LogP contribution in [-0.4, -0.2) is 43.6 Å². The van der Waals surface area contributed by atoms with Crippen LogP contribution in [0.25, 0.3) is 0 Å². The van der Waals surface area contributed by atoms with Crippen LogP contribution in [0.3, 0.4) is 0 Å². The number of furan rings is 1. The van der Waals surface area contributed by atoms with E-state index in [2.05, 4.69) is 10.6 Å². The lowest BCUT2D eigenvalue weighted by atomic mass is 10.1. The summed E-state index contributed by atoms with van der Waals surface area (Å²) in [4.78, 5) is 37.4. The number of carbonyl (C=O) groups is 3. The quantitative estimate of drug-likeness (QED) is 0.507. The Kier molecular flexibility index (Phi) is 6.89. The summed E-state index contributed by atoms with van der Waals surface area (Å²) in [5, 5.41) is 5.25. The number of hydrogen-bond donors (Lipinski definition) is 2. The molecule has 1 aromatic heterocycles. The number of benzene rings is 2. The fourth-order valence-electron chi connectivity index (χ4n) is 3.24. The summed E-state index contributed by atoms with van der Waals surface area (Å²) in [5.41, 5.74) is 1.30. The van der Waals surface area contributed by atoms with Gasteiger partial charge in [0.2, 0.25) is 0 Å². The van der Waals surface area contributed by atoms with Gasteiger partial charge < -0.3 is 29.3 Å². The molecule has 0 fully saturated rings. The maximum absolute atomic E-state index is 12.7. The number of esters is 1. The number of fused-ring (bicyclic) bond motifs is 1. The third-order valence-electron chi connectivity index (χ3n) is 4.79. The molecule has 2 heterocycles. The molecule has 0 aliphatic carbocycles. The van der Waals surface area contributed by atoms with Gasteiger partial charge in [-0.3, -0.25) is 9.59 Å². The van der Waals surface area contributed by atoms with Crippen LogP contribution in [-0.2, 0) is 20.7 Å². The number of carbonyl (C=O) groups excluding carboxylic acids is 3. The van der Waals surface area contributed by atoms with Gasteiger partial charge in [0.05, 0.1) is 6.26 Å². The molecule has 1 aliphatic heterocycles. The number of nitrogens with one attached hydrogen (secondary N) is 2. The lowest BCUT2D eigenvalue weighted by molar-refractivity contribution is -0.149. The molecule has 0 bridgehead atoms. The van der Waals surface area contributed by atoms with Crippen molar-refractivity contribution in [1.29, 1.82) is 0 Å². The van der Waals surface area contributed by atoms with E-state index in [0.29, 0.717) is 30.4 Å². The van der Waals surface area contributed by atoms with Crippen LogP contribution < -0.4 is 20.1 Å². The van der Waals surface area contributed by atoms with Gasteiger partial charge in [0, 0.05) is 18.2 Å². The Morgan fingerprint density at radius 3 is 2.48 bits per heavy atom. The van der Waals surface area contributed by atoms with Crippen LogP contribution in [0, 0.1) is 0 Å². The Hall–Kier alpha value is -4.27. The molecule has 33 heavy (non-hydrogen) atoms. The first kappa shape index (κ1) is 21.9. The van der Waals surface area contributed by atoms with Crippen LogP contribution in [0.4, 0.5) is 5.69 Å². The standard InChI is InChI=1S/C24H22N2O7/c27-22(25-17-8-9-19-21(14-17)32-12-11-31-19)15-33-24(29)18(13-16-5-2-1-3-6-16)26-23(28)20-7-4-10-30-20/h1-10,14,18H,11-13,15H2,(H,25,27)(H,26,28)/t18-/m0/s1. The van der Waals surface area contributed by atoms with Gasteiger partial charge in [-0.15, -0.1) is 0 Å². The fraction of sp³-hybridized carbons (Fsp3) is 0.208. The topological polar surface area (TPSA) is 116 Å². The molecule has 0 radical (unpaired) electrons. The highest BCUT2D eigenvalue weighted by Gasteiger charge is 2.25. The lowest BCUT2D eigenvalue weighted by Gasteiger charge is -2.19. The van der Waals surface area contributed by atoms with Crippen LogP contribution in [0.2, 0.25) is 0 Å². The van der Waals surface area contributed by atoms with Crippen LogP contribution >= 0.6 is 0 Å². The van der Waals surface area contributed by atoms with E-state index >= 15 is 0 Å². The summed E-state index contributed by atoms with van der Waals surface area (Å²) in [6.07, 6.45) is 1.55. The van der Waals surface area contributed by atoms with Crippen molar-refractivity contribution in [1.82, 2.24) is 5.32 Å². The Labute approximate surface area is 189 Å². The summed E-state index contributed by atoms with van der Waals surface area (Å²) < 4.78 is 21.2. The van der Waals surface area contributed by atoms with E-state index in [1.165, 1.54) is 12.3 Å². The predicted molar refractivity (Wildman–Crippen MR) is 117 cm³/mol. The van der Waals surface area contributed by atoms with Gasteiger partial charge in [0.25, 0.3) is 11.8 Å². The second-order valence-corrected chi connectivity index (χ2v) is 7.21. The van der Waals surface area contributed by atoms with E-state index in [9.17, 15) is 14.4 Å². The largest absolute Gasteiger partial charge is 0.486 e. The zero-order chi connectivity index (χ0) is 23.0. The monoisotopic (exact) mass is 450 g/mol. The minimum atomic E-state index is -1.01. The summed E-state index contributed by atoms with van der Waals surface area (Å²) in [6, 6.07) is 16.2. The highest BCUT2D eigenvalue weighted by molar-refractivity contribution is 5.96. The van der Waals surface area contributed by atoms with E-state index < -0.39 is 30.4 Å². The van der Waals surface area contributed by atoms with Gasteiger partial charge in [0.1, 0.15) is 19.3 Å². The maximum atomic E-state index is 12.7. The highest BCUT2D eigenvalue weighted by Crippen LogP contribution is 2.32. The first-order valence-electron chi connectivity index (χ1n) is 10.3. The van der Waals surface area contributed by atoms with E-state index in [0.717, 1.165) is 5.56 Å². The molecule has 4 rings (SSSR count). The van der Waals surface area contributed by atoms with Gasteiger partial charge in [0.15, 0.2) is 23.9 Å². The molecule has 2 amide bonds. The third kappa shape index (κ3) is 5.91. The summed E-state index contributed by atoms with van der Waals surface area (Å²) in [5.74, 6) is -0.635. The van der Waals surface area contributed by atoms with Gasteiger partial charge in [-0.25, -0.2) is 4.79 Å². The van der Waals surface area contributed by atoms with E-state index in [1.54, 1.807) is 24.3 Å². The molecule has 1 atom stereocenters. The smallest absolute Gasteiger partial charge is 0.329 e. The molecular formula is C24H22N2O7. The van der Waals surface area contributed by atoms with Gasteiger partial charge in [-0.05, 0) is 29.8 Å². The molecule has 2 N–H and O–H groups in total. The number of amides is 2. The van der Waals surface area contributed by atoms with Crippen molar-refractivity contribution in [3.63, 3.8) is 0 Å². The second kappa shape index (κ2) is 10.4. The second-order valence-electron chi connectivity index (χ2n) is 7.21. The number of hydrogen-bond acceptors (Lipinski definition) is 7. The first-order valence-corrected chi connectivity index (χ1v) is 10.3. The minimum absolute atomic E-state index is 0.0669. The van der Waals surface area contributed by atoms with E-state index in [4.69, 9.17) is 18.6 Å². The Morgan fingerprint density at radius 1 is 0.939 bits per heavy atom. The SMILES string of the molecule is O=C(COC(=O)[C@H](Cc1ccccc1)NC(=O)c1ccco1)Nc1ccc2c(c1)OCCO2. The van der Waals surface area contributed by atoms with Crippen LogP contribution in [0.15, 0.2) is 71.3 Å². The minimum Gasteiger partial charge on any atom is -0.486 e. The van der Waals surface area contributed by atoms with Gasteiger partial charge in [-0.2, -0.15) is 0 Å². The van der Waals surface area contributed by atoms with Crippen molar-refractivity contribution >= 4 is 23.5 Å². The maximum Gasteiger partial charge on any atom is 0.329 e. The number of anilines is 1. The molecule has 9 nitrogen and oxygen atoms in total. The molecule has 0 saturated heterocycles. The third-order valence-corrected chi connectivity index (χ3v) is 4.79. The molecule has 0 unspecified atom stereocenters. The predicted octanol–water partition coefficient (Wildman–Crippen LogP) is 2.57. The van der Waals surface area contributed by atoms with E-state index in [1.807, 2.05) is 30.3 Å². The normalized spacial score (nSPS) is 13.0. The lowest BCUT2D eigenvalue weighted by Crippen LogP contribution is -2.44. The average molecular weight is 450 g/mol. The number of ether oxygens (including phenoxy) is 3. The average Bonchev–Trinajstić information content (AvgIpc) is 3.38. The van der Waals surface area contributed by atoms with E-state index in [-0.39, 0.29) is 12.2 Å². The Morgan fingerprint density at radius 2 is 1.73 bits per heavy atom. The van der Waals surface area contributed by atoms with Crippen molar-refractivity contribution in [2.75, 3.05) is 25.1 Å². The zero-order valence-electron chi connectivity index (χ0n) is 17.6. The Balaban J connectivity index is 1.36. The van der Waals surface area contributed by atoms with Crippen molar-refractivity contribution in [3.8, 4) is 11.5 Å². The Bertz CT molecular complexity index is 1110. The van der Waals surface area contributed by atoms with Crippen molar-refractivity contribution in [2.24, 2.45) is 0 Å². The van der Waals surface area contributed by atoms with Gasteiger partial charge >= 0.3 is 5.97 Å². The highest BCUT2D eigenvalue weighted by atomic mass is 16.6. The molecule has 0 spiro atoms. The fourth-order valence-corrected chi connectivity index (χ4v) is 3.24. The summed E-state index contributed by atoms with van der Waals surface area (Å²) in [6.45, 7) is 0.374.